The highest BCUT2D eigenvalue weighted by Crippen LogP contribution is 2.37. The van der Waals surface area contributed by atoms with Crippen molar-refractivity contribution in [1.82, 2.24) is 14.9 Å². The molecule has 3 rings (SSSR count). The maximum Gasteiger partial charge on any atom is 0.0950 e. The number of hydrogen-bond donors (Lipinski definition) is 1. The lowest BCUT2D eigenvalue weighted by molar-refractivity contribution is 0.205. The van der Waals surface area contributed by atoms with Gasteiger partial charge in [0.25, 0.3) is 0 Å². The molecule has 1 saturated carbocycles. The van der Waals surface area contributed by atoms with E-state index < -0.39 is 0 Å². The summed E-state index contributed by atoms with van der Waals surface area (Å²) in [6.45, 7) is 7.05. The lowest BCUT2D eigenvalue weighted by atomic mass is 9.79. The van der Waals surface area contributed by atoms with Crippen LogP contribution in [0.1, 0.15) is 50.8 Å². The molecule has 3 nitrogen and oxygen atoms in total. The van der Waals surface area contributed by atoms with E-state index in [4.69, 9.17) is 0 Å². The van der Waals surface area contributed by atoms with Gasteiger partial charge in [-0.3, -0.25) is 0 Å². The number of nitrogens with one attached hydrogen (secondary N) is 1. The molecule has 2 aliphatic rings. The fourth-order valence-electron chi connectivity index (χ4n) is 3.21. The summed E-state index contributed by atoms with van der Waals surface area (Å²) in [6.07, 6.45) is 8.15. The minimum atomic E-state index is 0.694. The van der Waals surface area contributed by atoms with E-state index in [1.165, 1.54) is 25.0 Å². The number of aromatic nitrogens is 2. The first kappa shape index (κ1) is 11.3. The summed E-state index contributed by atoms with van der Waals surface area (Å²) < 4.78 is 2.47. The Morgan fingerprint density at radius 2 is 2.06 bits per heavy atom. The third kappa shape index (κ3) is 2.01. The minimum Gasteiger partial charge on any atom is -0.331 e. The number of hydrogen-bond acceptors (Lipinski definition) is 2. The Hall–Kier alpha value is -0.830. The molecule has 1 saturated heterocycles. The summed E-state index contributed by atoms with van der Waals surface area (Å²) >= 11 is 0. The summed E-state index contributed by atoms with van der Waals surface area (Å²) in [6, 6.07) is 0.694. The fraction of sp³-hybridized carbons (Fsp3) is 0.786. The second kappa shape index (κ2) is 4.45. The second-order valence-electron chi connectivity index (χ2n) is 6.00. The van der Waals surface area contributed by atoms with Crippen molar-refractivity contribution in [1.29, 1.82) is 0 Å². The van der Waals surface area contributed by atoms with Crippen LogP contribution in [0.5, 0.6) is 0 Å². The van der Waals surface area contributed by atoms with Crippen LogP contribution in [-0.2, 0) is 0 Å². The predicted octanol–water partition coefficient (Wildman–Crippen LogP) is 2.57. The molecule has 2 fully saturated rings. The average molecular weight is 233 g/mol. The normalized spacial score (nSPS) is 34.6. The zero-order valence-corrected chi connectivity index (χ0v) is 10.9. The minimum absolute atomic E-state index is 0.694. The standard InChI is InChI=1S/C14H23N3/c1-10-3-4-13(5-11(10)2)17-9-16-8-14(17)12-6-15-7-12/h8-13,15H,3-7H2,1-2H3. The molecular formula is C14H23N3. The van der Waals surface area contributed by atoms with Crippen LogP contribution < -0.4 is 5.32 Å². The molecule has 0 spiro atoms. The highest BCUT2D eigenvalue weighted by atomic mass is 15.1. The summed E-state index contributed by atoms with van der Waals surface area (Å²) in [5, 5.41) is 3.35. The molecule has 3 atom stereocenters. The van der Waals surface area contributed by atoms with Gasteiger partial charge in [-0.1, -0.05) is 13.8 Å². The van der Waals surface area contributed by atoms with Crippen LogP contribution in [0.2, 0.25) is 0 Å². The molecule has 3 heteroatoms. The van der Waals surface area contributed by atoms with Gasteiger partial charge >= 0.3 is 0 Å². The van der Waals surface area contributed by atoms with E-state index in [-0.39, 0.29) is 0 Å². The smallest absolute Gasteiger partial charge is 0.0950 e. The molecule has 1 N–H and O–H groups in total. The maximum atomic E-state index is 4.38. The van der Waals surface area contributed by atoms with Gasteiger partial charge in [0.05, 0.1) is 6.33 Å². The van der Waals surface area contributed by atoms with Gasteiger partial charge in [-0.2, -0.15) is 0 Å². The summed E-state index contributed by atoms with van der Waals surface area (Å²) in [7, 11) is 0. The Bertz CT molecular complexity index is 381. The lowest BCUT2D eigenvalue weighted by Gasteiger charge is -2.36. The molecule has 0 radical (unpaired) electrons. The summed E-state index contributed by atoms with van der Waals surface area (Å²) in [5.41, 5.74) is 1.45. The van der Waals surface area contributed by atoms with Gasteiger partial charge in [-0.05, 0) is 31.1 Å². The van der Waals surface area contributed by atoms with Gasteiger partial charge in [0.2, 0.25) is 0 Å². The van der Waals surface area contributed by atoms with Gasteiger partial charge < -0.3 is 9.88 Å². The van der Waals surface area contributed by atoms with E-state index in [0.29, 0.717) is 12.0 Å². The highest BCUT2D eigenvalue weighted by molar-refractivity contribution is 5.13. The Labute approximate surface area is 104 Å². The molecule has 0 amide bonds. The molecule has 1 aliphatic carbocycles. The maximum absolute atomic E-state index is 4.38. The van der Waals surface area contributed by atoms with Crippen LogP contribution in [0.15, 0.2) is 12.5 Å². The first-order valence-electron chi connectivity index (χ1n) is 6.98. The average Bonchev–Trinajstić information content (AvgIpc) is 2.68. The monoisotopic (exact) mass is 233 g/mol. The Morgan fingerprint density at radius 3 is 2.71 bits per heavy atom. The largest absolute Gasteiger partial charge is 0.331 e. The van der Waals surface area contributed by atoms with Gasteiger partial charge in [0.15, 0.2) is 0 Å². The Kier molecular flexibility index (Phi) is 2.95. The molecule has 3 unspecified atom stereocenters. The van der Waals surface area contributed by atoms with Crippen LogP contribution >= 0.6 is 0 Å². The number of imidazole rings is 1. The van der Waals surface area contributed by atoms with Crippen LogP contribution in [0.25, 0.3) is 0 Å². The molecule has 1 aromatic heterocycles. The summed E-state index contributed by atoms with van der Waals surface area (Å²) in [5.74, 6) is 2.44. The third-order valence-corrected chi connectivity index (χ3v) is 4.86. The lowest BCUT2D eigenvalue weighted by Crippen LogP contribution is -2.41. The van der Waals surface area contributed by atoms with Crippen molar-refractivity contribution in [2.24, 2.45) is 11.8 Å². The van der Waals surface area contributed by atoms with Crippen molar-refractivity contribution in [3.63, 3.8) is 0 Å². The van der Waals surface area contributed by atoms with E-state index in [9.17, 15) is 0 Å². The first-order chi connectivity index (χ1) is 8.25. The fourth-order valence-corrected chi connectivity index (χ4v) is 3.21. The molecule has 94 valence electrons. The van der Waals surface area contributed by atoms with Crippen LogP contribution in [0.4, 0.5) is 0 Å². The van der Waals surface area contributed by atoms with Crippen molar-refractivity contribution in [3.05, 3.63) is 18.2 Å². The molecule has 0 bridgehead atoms. The summed E-state index contributed by atoms with van der Waals surface area (Å²) in [4.78, 5) is 4.38. The highest BCUT2D eigenvalue weighted by Gasteiger charge is 2.29. The van der Waals surface area contributed by atoms with Gasteiger partial charge in [-0.15, -0.1) is 0 Å². The van der Waals surface area contributed by atoms with E-state index in [1.807, 2.05) is 0 Å². The molecule has 17 heavy (non-hydrogen) atoms. The van der Waals surface area contributed by atoms with E-state index >= 15 is 0 Å². The van der Waals surface area contributed by atoms with Crippen LogP contribution in [0, 0.1) is 11.8 Å². The van der Waals surface area contributed by atoms with Crippen LogP contribution in [0.3, 0.4) is 0 Å². The van der Waals surface area contributed by atoms with Gasteiger partial charge in [-0.25, -0.2) is 4.98 Å². The van der Waals surface area contributed by atoms with Crippen molar-refractivity contribution >= 4 is 0 Å². The van der Waals surface area contributed by atoms with E-state index in [2.05, 4.69) is 41.2 Å². The topological polar surface area (TPSA) is 29.9 Å². The SMILES string of the molecule is CC1CCC(n2cncc2C2CNC2)CC1C. The number of nitrogens with zero attached hydrogens (tertiary/aromatic N) is 2. The first-order valence-corrected chi connectivity index (χ1v) is 6.98. The Balaban J connectivity index is 1.77. The quantitative estimate of drug-likeness (QED) is 0.851. The van der Waals surface area contributed by atoms with Crippen molar-refractivity contribution in [2.75, 3.05) is 13.1 Å². The molecule has 0 aromatic carbocycles. The van der Waals surface area contributed by atoms with Crippen molar-refractivity contribution < 1.29 is 0 Å². The predicted molar refractivity (Wildman–Crippen MR) is 69.1 cm³/mol. The van der Waals surface area contributed by atoms with Crippen molar-refractivity contribution in [2.45, 2.75) is 45.1 Å². The second-order valence-corrected chi connectivity index (χ2v) is 6.00. The van der Waals surface area contributed by atoms with Gasteiger partial charge in [0, 0.05) is 36.9 Å². The number of rotatable bonds is 2. The molecule has 1 aliphatic heterocycles. The molecule has 1 aromatic rings. The van der Waals surface area contributed by atoms with E-state index in [0.717, 1.165) is 24.9 Å². The molecular weight excluding hydrogens is 210 g/mol. The molecule has 2 heterocycles. The van der Waals surface area contributed by atoms with Gasteiger partial charge in [0.1, 0.15) is 0 Å². The Morgan fingerprint density at radius 1 is 1.24 bits per heavy atom. The van der Waals surface area contributed by atoms with E-state index in [1.54, 1.807) is 0 Å². The zero-order valence-electron chi connectivity index (χ0n) is 10.9. The van der Waals surface area contributed by atoms with Crippen LogP contribution in [-0.4, -0.2) is 22.6 Å². The zero-order chi connectivity index (χ0) is 11.8. The third-order valence-electron chi connectivity index (χ3n) is 4.86. The van der Waals surface area contributed by atoms with Crippen molar-refractivity contribution in [3.8, 4) is 0 Å².